The van der Waals surface area contributed by atoms with E-state index < -0.39 is 21.5 Å². The van der Waals surface area contributed by atoms with Gasteiger partial charge in [-0.05, 0) is 56.3 Å². The molecule has 0 saturated carbocycles. The number of aromatic nitrogens is 4. The number of methoxy groups -OCH3 is 1. The SMILES string of the molecule is COc1cccc(-c2ccc(=O)n(CC(=O)Nc3ccc(S(=O)(=O)Nc4cc(C)nc(C)n4)cc3)n2)c1. The highest BCUT2D eigenvalue weighted by atomic mass is 32.2. The number of hydrogen-bond acceptors (Lipinski definition) is 8. The molecule has 0 radical (unpaired) electrons. The normalized spacial score (nSPS) is 11.1. The number of amides is 1. The van der Waals surface area contributed by atoms with Gasteiger partial charge in [-0.3, -0.25) is 14.3 Å². The van der Waals surface area contributed by atoms with Gasteiger partial charge in [0.1, 0.15) is 23.9 Å². The second kappa shape index (κ2) is 10.6. The van der Waals surface area contributed by atoms with Gasteiger partial charge in [0.25, 0.3) is 15.6 Å². The molecule has 2 N–H and O–H groups in total. The predicted octanol–water partition coefficient (Wildman–Crippen LogP) is 2.77. The van der Waals surface area contributed by atoms with Gasteiger partial charge in [-0.2, -0.15) is 5.10 Å². The van der Waals surface area contributed by atoms with Crippen molar-refractivity contribution in [2.75, 3.05) is 17.1 Å². The van der Waals surface area contributed by atoms with Gasteiger partial charge in [-0.15, -0.1) is 0 Å². The quantitative estimate of drug-likeness (QED) is 0.361. The molecular weight excluding hydrogens is 496 g/mol. The molecule has 4 rings (SSSR count). The number of aryl methyl sites for hydroxylation is 2. The molecule has 1 amide bonds. The number of anilines is 2. The van der Waals surface area contributed by atoms with Gasteiger partial charge in [0.05, 0.1) is 17.7 Å². The van der Waals surface area contributed by atoms with E-state index in [4.69, 9.17) is 4.74 Å². The minimum atomic E-state index is -3.90. The summed E-state index contributed by atoms with van der Waals surface area (Å²) in [6.45, 7) is 3.08. The molecule has 11 nitrogen and oxygen atoms in total. The number of nitrogens with zero attached hydrogens (tertiary/aromatic N) is 4. The van der Waals surface area contributed by atoms with Crippen molar-refractivity contribution in [2.24, 2.45) is 0 Å². The molecule has 0 unspecified atom stereocenters. The van der Waals surface area contributed by atoms with E-state index in [-0.39, 0.29) is 17.3 Å². The zero-order valence-corrected chi connectivity index (χ0v) is 21.1. The average molecular weight is 521 g/mol. The van der Waals surface area contributed by atoms with Crippen LogP contribution in [0.3, 0.4) is 0 Å². The number of benzene rings is 2. The van der Waals surface area contributed by atoms with Crippen molar-refractivity contribution < 1.29 is 17.9 Å². The van der Waals surface area contributed by atoms with Crippen LogP contribution in [-0.2, 0) is 21.4 Å². The number of ether oxygens (including phenoxy) is 1. The summed E-state index contributed by atoms with van der Waals surface area (Å²) in [5.41, 5.74) is 1.78. The van der Waals surface area contributed by atoms with Crippen molar-refractivity contribution in [3.8, 4) is 17.0 Å². The highest BCUT2D eigenvalue weighted by Crippen LogP contribution is 2.21. The lowest BCUT2D eigenvalue weighted by atomic mass is 10.1. The van der Waals surface area contributed by atoms with E-state index in [1.807, 2.05) is 6.07 Å². The Labute approximate surface area is 213 Å². The van der Waals surface area contributed by atoms with E-state index in [1.165, 1.54) is 36.4 Å². The second-order valence-corrected chi connectivity index (χ2v) is 9.75. The molecule has 0 aliphatic rings. The van der Waals surface area contributed by atoms with E-state index in [9.17, 15) is 18.0 Å². The Morgan fingerprint density at radius 2 is 1.76 bits per heavy atom. The first-order valence-corrected chi connectivity index (χ1v) is 12.6. The molecule has 0 atom stereocenters. The number of carbonyl (C=O) groups is 1. The highest BCUT2D eigenvalue weighted by molar-refractivity contribution is 7.92. The summed E-state index contributed by atoms with van der Waals surface area (Å²) in [5, 5.41) is 6.93. The molecule has 0 fully saturated rings. The van der Waals surface area contributed by atoms with Gasteiger partial charge in [0, 0.05) is 29.1 Å². The fourth-order valence-electron chi connectivity index (χ4n) is 3.52. The van der Waals surface area contributed by atoms with Crippen LogP contribution in [0.25, 0.3) is 11.3 Å². The number of sulfonamides is 1. The molecule has 190 valence electrons. The summed E-state index contributed by atoms with van der Waals surface area (Å²) < 4.78 is 34.1. The Bertz CT molecular complexity index is 1600. The van der Waals surface area contributed by atoms with Crippen LogP contribution in [0, 0.1) is 13.8 Å². The smallest absolute Gasteiger partial charge is 0.267 e. The molecule has 0 aliphatic heterocycles. The molecule has 0 spiro atoms. The molecule has 0 aliphatic carbocycles. The minimum Gasteiger partial charge on any atom is -0.497 e. The molecular formula is C25H24N6O5S. The summed E-state index contributed by atoms with van der Waals surface area (Å²) in [5.74, 6) is 0.741. The van der Waals surface area contributed by atoms with Gasteiger partial charge < -0.3 is 10.1 Å². The Hall–Kier alpha value is -4.58. The topological polar surface area (TPSA) is 145 Å². The summed E-state index contributed by atoms with van der Waals surface area (Å²) >= 11 is 0. The summed E-state index contributed by atoms with van der Waals surface area (Å²) in [4.78, 5) is 33.1. The third-order valence-corrected chi connectivity index (χ3v) is 6.55. The van der Waals surface area contributed by atoms with E-state index in [0.29, 0.717) is 28.6 Å². The van der Waals surface area contributed by atoms with Crippen LogP contribution in [0.15, 0.2) is 76.4 Å². The second-order valence-electron chi connectivity index (χ2n) is 8.07. The van der Waals surface area contributed by atoms with Crippen molar-refractivity contribution >= 4 is 27.4 Å². The predicted molar refractivity (Wildman–Crippen MR) is 138 cm³/mol. The van der Waals surface area contributed by atoms with E-state index in [2.05, 4.69) is 25.1 Å². The van der Waals surface area contributed by atoms with Gasteiger partial charge in [0.15, 0.2) is 0 Å². The van der Waals surface area contributed by atoms with E-state index in [1.54, 1.807) is 45.2 Å². The monoisotopic (exact) mass is 520 g/mol. The van der Waals surface area contributed by atoms with Crippen LogP contribution in [0.5, 0.6) is 5.75 Å². The van der Waals surface area contributed by atoms with Gasteiger partial charge >= 0.3 is 0 Å². The molecule has 37 heavy (non-hydrogen) atoms. The van der Waals surface area contributed by atoms with Crippen molar-refractivity contribution in [3.63, 3.8) is 0 Å². The first-order chi connectivity index (χ1) is 17.6. The Morgan fingerprint density at radius 3 is 2.46 bits per heavy atom. The molecule has 4 aromatic rings. The van der Waals surface area contributed by atoms with Crippen molar-refractivity contribution in [3.05, 3.63) is 88.6 Å². The lowest BCUT2D eigenvalue weighted by Gasteiger charge is -2.11. The fourth-order valence-corrected chi connectivity index (χ4v) is 4.51. The maximum atomic E-state index is 12.7. The first-order valence-electron chi connectivity index (χ1n) is 11.1. The fraction of sp³-hybridized carbons (Fsp3) is 0.160. The van der Waals surface area contributed by atoms with Crippen molar-refractivity contribution in [1.82, 2.24) is 19.7 Å². The van der Waals surface area contributed by atoms with Crippen LogP contribution in [0.2, 0.25) is 0 Å². The molecule has 2 aromatic heterocycles. The van der Waals surface area contributed by atoms with Crippen LogP contribution >= 0.6 is 0 Å². The van der Waals surface area contributed by atoms with Crippen LogP contribution in [-0.4, -0.2) is 41.2 Å². The van der Waals surface area contributed by atoms with Crippen molar-refractivity contribution in [1.29, 1.82) is 0 Å². The molecule has 2 heterocycles. The standard InChI is InChI=1S/C25H24N6O5S/c1-16-13-23(27-17(2)26-16)30-37(34,35)21-9-7-19(8-10-21)28-24(32)15-31-25(33)12-11-22(29-31)18-5-4-6-20(14-18)36-3/h4-14H,15H2,1-3H3,(H,28,32)(H,26,27,30). The zero-order valence-electron chi connectivity index (χ0n) is 20.3. The van der Waals surface area contributed by atoms with Crippen LogP contribution in [0.4, 0.5) is 11.5 Å². The number of nitrogens with one attached hydrogen (secondary N) is 2. The van der Waals surface area contributed by atoms with Gasteiger partial charge in [-0.25, -0.2) is 23.1 Å². The van der Waals surface area contributed by atoms with Crippen LogP contribution in [0.1, 0.15) is 11.5 Å². The Balaban J connectivity index is 1.45. The Kier molecular flexibility index (Phi) is 7.30. The van der Waals surface area contributed by atoms with Crippen molar-refractivity contribution in [2.45, 2.75) is 25.3 Å². The number of rotatable bonds is 8. The van der Waals surface area contributed by atoms with Crippen LogP contribution < -0.4 is 20.3 Å². The summed E-state index contributed by atoms with van der Waals surface area (Å²) in [6, 6.07) is 17.2. The molecule has 2 aromatic carbocycles. The van der Waals surface area contributed by atoms with E-state index >= 15 is 0 Å². The van der Waals surface area contributed by atoms with E-state index in [0.717, 1.165) is 10.2 Å². The number of hydrogen-bond donors (Lipinski definition) is 2. The lowest BCUT2D eigenvalue weighted by molar-refractivity contribution is -0.117. The number of carbonyl (C=O) groups excluding carboxylic acids is 1. The lowest BCUT2D eigenvalue weighted by Crippen LogP contribution is -2.29. The maximum absolute atomic E-state index is 12.7. The largest absolute Gasteiger partial charge is 0.497 e. The third-order valence-electron chi connectivity index (χ3n) is 5.18. The Morgan fingerprint density at radius 1 is 1.00 bits per heavy atom. The highest BCUT2D eigenvalue weighted by Gasteiger charge is 2.16. The molecule has 0 bridgehead atoms. The summed E-state index contributed by atoms with van der Waals surface area (Å²) in [7, 11) is -2.35. The molecule has 0 saturated heterocycles. The first kappa shape index (κ1) is 25.5. The van der Waals surface area contributed by atoms with Gasteiger partial charge in [-0.1, -0.05) is 12.1 Å². The summed E-state index contributed by atoms with van der Waals surface area (Å²) in [6.07, 6.45) is 0. The molecule has 12 heteroatoms. The average Bonchev–Trinajstić information content (AvgIpc) is 2.85. The zero-order chi connectivity index (χ0) is 26.6. The third kappa shape index (κ3) is 6.35. The minimum absolute atomic E-state index is 0.0108. The maximum Gasteiger partial charge on any atom is 0.267 e. The van der Waals surface area contributed by atoms with Gasteiger partial charge in [0.2, 0.25) is 5.91 Å².